The molecule has 3 aliphatic rings. The van der Waals surface area contributed by atoms with Crippen LogP contribution in [0.4, 0.5) is 0 Å². The first-order valence-corrected chi connectivity index (χ1v) is 11.2. The first kappa shape index (κ1) is 21.4. The molecule has 0 bridgehead atoms. The Bertz CT molecular complexity index is 637. The van der Waals surface area contributed by atoms with Crippen molar-refractivity contribution in [1.29, 1.82) is 0 Å². The van der Waals surface area contributed by atoms with Crippen LogP contribution in [-0.4, -0.2) is 33.5 Å². The number of aliphatic hydroxyl groups excluding tert-OH is 2. The minimum Gasteiger partial charge on any atom is -0.481 e. The molecule has 156 valence electrons. The number of hydrogen-bond acceptors (Lipinski definition) is 3. The highest BCUT2D eigenvalue weighted by Gasteiger charge is 2.54. The highest BCUT2D eigenvalue weighted by molar-refractivity contribution is 5.66. The Hall–Kier alpha value is -1.31. The van der Waals surface area contributed by atoms with Gasteiger partial charge in [0.15, 0.2) is 0 Å². The van der Waals surface area contributed by atoms with Crippen LogP contribution in [0.5, 0.6) is 0 Å². The lowest BCUT2D eigenvalue weighted by Gasteiger charge is -2.57. The Kier molecular flexibility index (Phi) is 7.23. The molecule has 0 aromatic rings. The molecule has 3 aliphatic carbocycles. The molecule has 0 aromatic carbocycles. The molecule has 3 fully saturated rings. The second-order valence-electron chi connectivity index (χ2n) is 9.36. The summed E-state index contributed by atoms with van der Waals surface area (Å²) in [6.07, 6.45) is 12.7. The van der Waals surface area contributed by atoms with Crippen LogP contribution in [0.3, 0.4) is 0 Å². The van der Waals surface area contributed by atoms with Gasteiger partial charge in [0.05, 0.1) is 12.0 Å². The monoisotopic (exact) mass is 388 g/mol. The number of carbonyl (C=O) groups is 1. The van der Waals surface area contributed by atoms with E-state index >= 15 is 0 Å². The van der Waals surface area contributed by atoms with Crippen LogP contribution in [0.1, 0.15) is 84.0 Å². The summed E-state index contributed by atoms with van der Waals surface area (Å²) in [6, 6.07) is 0. The predicted octanol–water partition coefficient (Wildman–Crippen LogP) is 4.30. The summed E-state index contributed by atoms with van der Waals surface area (Å²) in [5.41, 5.74) is 1.57. The fraction of sp³-hybridized carbons (Fsp3) is 0.792. The van der Waals surface area contributed by atoms with Crippen LogP contribution in [0.2, 0.25) is 0 Å². The summed E-state index contributed by atoms with van der Waals surface area (Å²) in [5, 5.41) is 29.8. The van der Waals surface area contributed by atoms with Crippen molar-refractivity contribution in [2.24, 2.45) is 23.2 Å². The van der Waals surface area contributed by atoms with Crippen molar-refractivity contribution in [3.63, 3.8) is 0 Å². The number of hydrogen-bond donors (Lipinski definition) is 3. The second-order valence-corrected chi connectivity index (χ2v) is 9.36. The van der Waals surface area contributed by atoms with E-state index < -0.39 is 12.1 Å². The van der Waals surface area contributed by atoms with Gasteiger partial charge in [-0.05, 0) is 68.6 Å². The van der Waals surface area contributed by atoms with Gasteiger partial charge in [-0.2, -0.15) is 0 Å². The lowest BCUT2D eigenvalue weighted by molar-refractivity contribution is -0.137. The second kappa shape index (κ2) is 9.46. The van der Waals surface area contributed by atoms with E-state index in [1.165, 1.54) is 24.8 Å². The molecule has 0 amide bonds. The van der Waals surface area contributed by atoms with Gasteiger partial charge >= 0.3 is 5.97 Å². The smallest absolute Gasteiger partial charge is 0.303 e. The SMILES string of the molecule is C[C@@]12CC[C@H](O)[C@@H](C#CC(O)C3CCCCC3)[C@@H]1CC2=CCCCCC(=O)O. The summed E-state index contributed by atoms with van der Waals surface area (Å²) < 4.78 is 0. The molecule has 28 heavy (non-hydrogen) atoms. The van der Waals surface area contributed by atoms with Gasteiger partial charge in [0.2, 0.25) is 0 Å². The maximum Gasteiger partial charge on any atom is 0.303 e. The largest absolute Gasteiger partial charge is 0.481 e. The van der Waals surface area contributed by atoms with Gasteiger partial charge in [-0.1, -0.05) is 49.7 Å². The molecule has 0 aliphatic heterocycles. The Morgan fingerprint density at radius 3 is 2.71 bits per heavy atom. The zero-order chi connectivity index (χ0) is 20.1. The molecule has 4 nitrogen and oxygen atoms in total. The zero-order valence-electron chi connectivity index (χ0n) is 17.2. The van der Waals surface area contributed by atoms with Crippen molar-refractivity contribution in [1.82, 2.24) is 0 Å². The molecule has 0 heterocycles. The van der Waals surface area contributed by atoms with Crippen LogP contribution >= 0.6 is 0 Å². The molecule has 0 radical (unpaired) electrons. The molecular weight excluding hydrogens is 352 g/mol. The summed E-state index contributed by atoms with van der Waals surface area (Å²) in [6.45, 7) is 2.29. The minimum atomic E-state index is -0.721. The zero-order valence-corrected chi connectivity index (χ0v) is 17.2. The molecule has 1 unspecified atom stereocenters. The Balaban J connectivity index is 1.57. The molecule has 4 heteroatoms. The molecule has 3 N–H and O–H groups in total. The summed E-state index contributed by atoms with van der Waals surface area (Å²) in [4.78, 5) is 10.6. The predicted molar refractivity (Wildman–Crippen MR) is 109 cm³/mol. The highest BCUT2D eigenvalue weighted by atomic mass is 16.4. The lowest BCUT2D eigenvalue weighted by atomic mass is 9.48. The maximum absolute atomic E-state index is 10.6. The molecule has 5 atom stereocenters. The minimum absolute atomic E-state index is 0.0406. The third-order valence-corrected chi connectivity index (χ3v) is 7.53. The van der Waals surface area contributed by atoms with Gasteiger partial charge in [0.25, 0.3) is 0 Å². The number of aliphatic carboxylic acids is 1. The number of allylic oxidation sites excluding steroid dienone is 2. The van der Waals surface area contributed by atoms with E-state index in [0.717, 1.165) is 51.4 Å². The van der Waals surface area contributed by atoms with Crippen molar-refractivity contribution in [2.45, 2.75) is 96.2 Å². The molecule has 3 saturated carbocycles. The number of carboxylic acid groups (broad SMARTS) is 1. The lowest BCUT2D eigenvalue weighted by Crippen LogP contribution is -2.51. The first-order chi connectivity index (χ1) is 13.4. The molecule has 0 saturated heterocycles. The quantitative estimate of drug-likeness (QED) is 0.360. The summed E-state index contributed by atoms with van der Waals surface area (Å²) in [5.74, 6) is 6.31. The Morgan fingerprint density at radius 2 is 2.00 bits per heavy atom. The normalized spacial score (nSPS) is 35.4. The molecule has 0 aromatic heterocycles. The Morgan fingerprint density at radius 1 is 1.25 bits per heavy atom. The van der Waals surface area contributed by atoms with Crippen LogP contribution in [0.15, 0.2) is 11.6 Å². The van der Waals surface area contributed by atoms with Gasteiger partial charge in [0, 0.05) is 6.42 Å². The van der Waals surface area contributed by atoms with Gasteiger partial charge in [-0.25, -0.2) is 0 Å². The van der Waals surface area contributed by atoms with E-state index in [9.17, 15) is 15.0 Å². The summed E-state index contributed by atoms with van der Waals surface area (Å²) >= 11 is 0. The van der Waals surface area contributed by atoms with E-state index in [1.54, 1.807) is 0 Å². The Labute approximate surface area is 169 Å². The maximum atomic E-state index is 10.6. The topological polar surface area (TPSA) is 77.8 Å². The van der Waals surface area contributed by atoms with Gasteiger partial charge in [0.1, 0.15) is 6.10 Å². The van der Waals surface area contributed by atoms with E-state index in [1.807, 2.05) is 0 Å². The van der Waals surface area contributed by atoms with Crippen molar-refractivity contribution >= 4 is 5.97 Å². The van der Waals surface area contributed by atoms with E-state index in [0.29, 0.717) is 11.8 Å². The van der Waals surface area contributed by atoms with Gasteiger partial charge in [-0.15, -0.1) is 0 Å². The van der Waals surface area contributed by atoms with Crippen LogP contribution in [0, 0.1) is 35.0 Å². The van der Waals surface area contributed by atoms with Crippen LogP contribution in [-0.2, 0) is 4.79 Å². The fourth-order valence-electron chi connectivity index (χ4n) is 5.53. The highest BCUT2D eigenvalue weighted by Crippen LogP contribution is 2.60. The van der Waals surface area contributed by atoms with E-state index in [-0.39, 0.29) is 23.9 Å². The standard InChI is InChI=1S/C24H36O4/c1-24-15-14-22(26)19(12-13-21(25)17-8-4-2-5-9-17)20(24)16-18(24)10-6-3-7-11-23(27)28/h10,17,19-22,25-26H,2-9,11,14-16H2,1H3,(H,27,28)/t19-,20-,21?,22-,24-/m0/s1. The van der Waals surface area contributed by atoms with Gasteiger partial charge < -0.3 is 15.3 Å². The van der Waals surface area contributed by atoms with Crippen molar-refractivity contribution in [2.75, 3.05) is 0 Å². The van der Waals surface area contributed by atoms with Crippen LogP contribution in [0.25, 0.3) is 0 Å². The van der Waals surface area contributed by atoms with Crippen LogP contribution < -0.4 is 0 Å². The molecule has 3 rings (SSSR count). The fourth-order valence-corrected chi connectivity index (χ4v) is 5.53. The number of aliphatic hydroxyl groups is 2. The van der Waals surface area contributed by atoms with Crippen molar-refractivity contribution in [3.05, 3.63) is 11.6 Å². The van der Waals surface area contributed by atoms with Crippen molar-refractivity contribution < 1.29 is 20.1 Å². The summed E-state index contributed by atoms with van der Waals surface area (Å²) in [7, 11) is 0. The number of unbranched alkanes of at least 4 members (excludes halogenated alkanes) is 2. The van der Waals surface area contributed by atoms with E-state index in [4.69, 9.17) is 5.11 Å². The van der Waals surface area contributed by atoms with E-state index in [2.05, 4.69) is 24.8 Å². The third kappa shape index (κ3) is 4.81. The first-order valence-electron chi connectivity index (χ1n) is 11.2. The molecular formula is C24H36O4. The molecule has 0 spiro atoms. The average molecular weight is 389 g/mol. The average Bonchev–Trinajstić information content (AvgIpc) is 2.68. The number of fused-ring (bicyclic) bond motifs is 1. The van der Waals surface area contributed by atoms with Crippen molar-refractivity contribution in [3.8, 4) is 11.8 Å². The number of rotatable bonds is 6. The van der Waals surface area contributed by atoms with Gasteiger partial charge in [-0.3, -0.25) is 4.79 Å². The third-order valence-electron chi connectivity index (χ3n) is 7.53. The number of carboxylic acids is 1.